The van der Waals surface area contributed by atoms with Gasteiger partial charge in [-0.3, -0.25) is 4.79 Å². The van der Waals surface area contributed by atoms with Crippen LogP contribution in [0.4, 0.5) is 5.69 Å². The van der Waals surface area contributed by atoms with Gasteiger partial charge in [0.05, 0.1) is 4.90 Å². The van der Waals surface area contributed by atoms with E-state index in [9.17, 15) is 13.2 Å². The number of halogens is 1. The fraction of sp³-hybridized carbons (Fsp3) is 0.375. The van der Waals surface area contributed by atoms with Gasteiger partial charge >= 0.3 is 0 Å². The van der Waals surface area contributed by atoms with Gasteiger partial charge in [-0.05, 0) is 92.0 Å². The average Bonchev–Trinajstić information content (AvgIpc) is 3.36. The first kappa shape index (κ1) is 22.1. The molecule has 4 unspecified atom stereocenters. The number of carbonyl (C=O) groups excluding carboxylic acids is 1. The van der Waals surface area contributed by atoms with Crippen molar-refractivity contribution in [2.75, 3.05) is 5.32 Å². The summed E-state index contributed by atoms with van der Waals surface area (Å²) in [6.45, 7) is 1.98. The van der Waals surface area contributed by atoms with Crippen LogP contribution in [0.1, 0.15) is 38.2 Å². The Bertz CT molecular complexity index is 1080. The summed E-state index contributed by atoms with van der Waals surface area (Å²) in [6.07, 6.45) is 7.97. The lowest BCUT2D eigenvalue weighted by Gasteiger charge is -2.28. The molecule has 0 spiro atoms. The zero-order valence-electron chi connectivity index (χ0n) is 17.4. The Morgan fingerprint density at radius 1 is 1.13 bits per heavy atom. The molecule has 2 aliphatic carbocycles. The van der Waals surface area contributed by atoms with E-state index in [2.05, 4.69) is 10.0 Å². The van der Waals surface area contributed by atoms with Crippen LogP contribution in [0, 0.1) is 17.8 Å². The van der Waals surface area contributed by atoms with E-state index in [1.165, 1.54) is 37.5 Å². The van der Waals surface area contributed by atoms with Gasteiger partial charge < -0.3 is 5.32 Å². The molecule has 4 rings (SSSR count). The highest BCUT2D eigenvalue weighted by Gasteiger charge is 2.42. The summed E-state index contributed by atoms with van der Waals surface area (Å²) in [5, 5.41) is 3.34. The molecule has 2 fully saturated rings. The van der Waals surface area contributed by atoms with E-state index in [-0.39, 0.29) is 16.8 Å². The van der Waals surface area contributed by atoms with Crippen molar-refractivity contribution in [2.24, 2.45) is 17.8 Å². The first-order chi connectivity index (χ1) is 14.8. The van der Waals surface area contributed by atoms with Crippen molar-refractivity contribution >= 4 is 39.3 Å². The average molecular weight is 459 g/mol. The molecule has 164 valence electrons. The van der Waals surface area contributed by atoms with Gasteiger partial charge in [-0.1, -0.05) is 30.2 Å². The van der Waals surface area contributed by atoms with Gasteiger partial charge in [0.15, 0.2) is 0 Å². The molecule has 2 N–H and O–H groups in total. The number of sulfonamides is 1. The van der Waals surface area contributed by atoms with Crippen LogP contribution in [0.5, 0.6) is 0 Å². The Labute approximate surface area is 188 Å². The van der Waals surface area contributed by atoms with Crippen molar-refractivity contribution < 1.29 is 13.2 Å². The first-order valence-corrected chi connectivity index (χ1v) is 12.5. The number of fused-ring (bicyclic) bond motifs is 2. The second kappa shape index (κ2) is 9.15. The third-order valence-electron chi connectivity index (χ3n) is 6.48. The van der Waals surface area contributed by atoms with Crippen LogP contribution in [0.15, 0.2) is 59.5 Å². The predicted molar refractivity (Wildman–Crippen MR) is 124 cm³/mol. The van der Waals surface area contributed by atoms with Gasteiger partial charge in [0.25, 0.3) is 0 Å². The molecule has 0 heterocycles. The van der Waals surface area contributed by atoms with Gasteiger partial charge in [0.1, 0.15) is 0 Å². The molecule has 0 aliphatic heterocycles. The van der Waals surface area contributed by atoms with Crippen LogP contribution in [0.2, 0.25) is 5.02 Å². The maximum atomic E-state index is 12.8. The van der Waals surface area contributed by atoms with E-state index in [4.69, 9.17) is 11.6 Å². The summed E-state index contributed by atoms with van der Waals surface area (Å²) in [5.41, 5.74) is 1.35. The van der Waals surface area contributed by atoms with Crippen molar-refractivity contribution in [2.45, 2.75) is 43.5 Å². The minimum Gasteiger partial charge on any atom is -0.323 e. The van der Waals surface area contributed by atoms with Crippen molar-refractivity contribution in [3.8, 4) is 0 Å². The zero-order valence-corrected chi connectivity index (χ0v) is 19.0. The highest BCUT2D eigenvalue weighted by Crippen LogP contribution is 2.49. The fourth-order valence-corrected chi connectivity index (χ4v) is 6.48. The molecule has 1 amide bonds. The Hall–Kier alpha value is -2.15. The largest absolute Gasteiger partial charge is 0.323 e. The smallest absolute Gasteiger partial charge is 0.248 e. The summed E-state index contributed by atoms with van der Waals surface area (Å²) < 4.78 is 28.5. The Balaban J connectivity index is 1.35. The molecule has 2 aliphatic rings. The maximum absolute atomic E-state index is 12.8. The highest BCUT2D eigenvalue weighted by atomic mass is 35.5. The zero-order chi connectivity index (χ0) is 22.0. The standard InChI is InChI=1S/C24H27ClN2O3S/c1-16(23-15-18-5-7-19(23)13-18)27-31(29,30)22-10-8-21(9-11-22)26-24(28)12-6-17-3-2-4-20(25)14-17/h2-4,6,8-12,14,16,18-19,23,27H,5,7,13,15H2,1H3,(H,26,28). The van der Waals surface area contributed by atoms with Gasteiger partial charge in [-0.25, -0.2) is 13.1 Å². The summed E-state index contributed by atoms with van der Waals surface area (Å²) >= 11 is 5.94. The second-order valence-electron chi connectivity index (χ2n) is 8.65. The molecule has 2 saturated carbocycles. The summed E-state index contributed by atoms with van der Waals surface area (Å²) in [7, 11) is -3.60. The van der Waals surface area contributed by atoms with E-state index < -0.39 is 10.0 Å². The fourth-order valence-electron chi connectivity index (χ4n) is 4.99. The molecule has 2 aromatic rings. The van der Waals surface area contributed by atoms with Crippen LogP contribution < -0.4 is 10.0 Å². The van der Waals surface area contributed by atoms with Crippen LogP contribution in [-0.4, -0.2) is 20.4 Å². The number of anilines is 1. The Morgan fingerprint density at radius 2 is 1.90 bits per heavy atom. The topological polar surface area (TPSA) is 75.3 Å². The van der Waals surface area contributed by atoms with Crippen LogP contribution >= 0.6 is 11.6 Å². The van der Waals surface area contributed by atoms with E-state index in [1.807, 2.05) is 19.1 Å². The Kier molecular flexibility index (Phi) is 6.51. The van der Waals surface area contributed by atoms with Crippen LogP contribution in [0.25, 0.3) is 6.08 Å². The van der Waals surface area contributed by atoms with E-state index >= 15 is 0 Å². The predicted octanol–water partition coefficient (Wildman–Crippen LogP) is 5.09. The van der Waals surface area contributed by atoms with Gasteiger partial charge in [-0.15, -0.1) is 0 Å². The third-order valence-corrected chi connectivity index (χ3v) is 8.29. The minimum absolute atomic E-state index is 0.0729. The number of nitrogens with one attached hydrogen (secondary N) is 2. The monoisotopic (exact) mass is 458 g/mol. The van der Waals surface area contributed by atoms with Crippen LogP contribution in [0.3, 0.4) is 0 Å². The van der Waals surface area contributed by atoms with Gasteiger partial charge in [0.2, 0.25) is 15.9 Å². The molecule has 0 aromatic heterocycles. The highest BCUT2D eigenvalue weighted by molar-refractivity contribution is 7.89. The van der Waals surface area contributed by atoms with E-state index in [0.717, 1.165) is 17.9 Å². The van der Waals surface area contributed by atoms with E-state index in [1.54, 1.807) is 30.3 Å². The lowest BCUT2D eigenvalue weighted by molar-refractivity contribution is -0.111. The molecule has 0 radical (unpaired) electrons. The number of benzene rings is 2. The van der Waals surface area contributed by atoms with Crippen molar-refractivity contribution in [1.82, 2.24) is 4.72 Å². The lowest BCUT2D eigenvalue weighted by Crippen LogP contribution is -2.40. The molecule has 4 atom stereocenters. The minimum atomic E-state index is -3.60. The normalized spacial score (nSPS) is 23.9. The SMILES string of the molecule is CC(NS(=O)(=O)c1ccc(NC(=O)C=Cc2cccc(Cl)c2)cc1)C1CC2CCC1C2. The van der Waals surface area contributed by atoms with Crippen molar-refractivity contribution in [1.29, 1.82) is 0 Å². The molecule has 2 aromatic carbocycles. The Morgan fingerprint density at radius 3 is 2.55 bits per heavy atom. The molecular formula is C24H27ClN2O3S. The molecule has 2 bridgehead atoms. The van der Waals surface area contributed by atoms with Crippen molar-refractivity contribution in [3.05, 3.63) is 65.2 Å². The van der Waals surface area contributed by atoms with E-state index in [0.29, 0.717) is 22.5 Å². The first-order valence-electron chi connectivity index (χ1n) is 10.7. The van der Waals surface area contributed by atoms with Gasteiger partial charge in [0, 0.05) is 22.8 Å². The molecule has 7 heteroatoms. The number of carbonyl (C=O) groups is 1. The quantitative estimate of drug-likeness (QED) is 0.567. The molecular weight excluding hydrogens is 432 g/mol. The molecule has 31 heavy (non-hydrogen) atoms. The summed E-state index contributed by atoms with van der Waals surface area (Å²) in [4.78, 5) is 12.3. The number of rotatable bonds is 7. The molecule has 0 saturated heterocycles. The molecule has 5 nitrogen and oxygen atoms in total. The lowest BCUT2D eigenvalue weighted by atomic mass is 9.84. The number of amides is 1. The summed E-state index contributed by atoms with van der Waals surface area (Å²) in [6, 6.07) is 13.3. The van der Waals surface area contributed by atoms with Crippen LogP contribution in [-0.2, 0) is 14.8 Å². The number of hydrogen-bond donors (Lipinski definition) is 2. The van der Waals surface area contributed by atoms with Gasteiger partial charge in [-0.2, -0.15) is 0 Å². The summed E-state index contributed by atoms with van der Waals surface area (Å²) in [5.74, 6) is 1.55. The second-order valence-corrected chi connectivity index (χ2v) is 10.8. The maximum Gasteiger partial charge on any atom is 0.248 e. The number of hydrogen-bond acceptors (Lipinski definition) is 3. The third kappa shape index (κ3) is 5.37. The van der Waals surface area contributed by atoms with Crippen molar-refractivity contribution in [3.63, 3.8) is 0 Å².